The summed E-state index contributed by atoms with van der Waals surface area (Å²) < 4.78 is 12.5. The zero-order valence-electron chi connectivity index (χ0n) is 15.1. The summed E-state index contributed by atoms with van der Waals surface area (Å²) >= 11 is 0. The van der Waals surface area contributed by atoms with Crippen molar-refractivity contribution in [1.82, 2.24) is 19.7 Å². The minimum Gasteiger partial charge on any atom is -0.490 e. The van der Waals surface area contributed by atoms with Gasteiger partial charge in [-0.15, -0.1) is 0 Å². The summed E-state index contributed by atoms with van der Waals surface area (Å²) in [5, 5.41) is 12.9. The van der Waals surface area contributed by atoms with Gasteiger partial charge in [0.05, 0.1) is 12.6 Å². The molecule has 0 saturated carbocycles. The molecule has 1 amide bonds. The van der Waals surface area contributed by atoms with Crippen LogP contribution in [0, 0.1) is 0 Å². The molecule has 1 aromatic carbocycles. The Labute approximate surface area is 156 Å². The van der Waals surface area contributed by atoms with E-state index in [-0.39, 0.29) is 11.9 Å². The zero-order valence-corrected chi connectivity index (χ0v) is 15.1. The molecule has 1 N–H and O–H groups in total. The van der Waals surface area contributed by atoms with Gasteiger partial charge in [0.25, 0.3) is 5.91 Å². The van der Waals surface area contributed by atoms with Gasteiger partial charge in [0.2, 0.25) is 0 Å². The molecule has 2 heterocycles. The van der Waals surface area contributed by atoms with E-state index >= 15 is 0 Å². The van der Waals surface area contributed by atoms with E-state index in [1.165, 1.54) is 6.33 Å². The van der Waals surface area contributed by atoms with Gasteiger partial charge in [-0.1, -0.05) is 0 Å². The quantitative estimate of drug-likeness (QED) is 0.785. The molecule has 3 rings (SSSR count). The third kappa shape index (κ3) is 4.55. The van der Waals surface area contributed by atoms with Crippen LogP contribution in [-0.4, -0.2) is 63.0 Å². The number of carboxylic acid groups (broad SMARTS) is 1. The van der Waals surface area contributed by atoms with Crippen LogP contribution >= 0.6 is 0 Å². The van der Waals surface area contributed by atoms with E-state index in [0.29, 0.717) is 36.8 Å². The number of hydrogen-bond acceptors (Lipinski definition) is 6. The molecule has 1 fully saturated rings. The number of carbonyl (C=O) groups excluding carboxylic acids is 1. The fraction of sp³-hybridized carbons (Fsp3) is 0.444. The SMILES string of the molecule is CCOc1cc(C(=O)N2CCC[C@@H](n3cncn3)C2)ccc1OCC(=O)O. The molecule has 1 aliphatic rings. The topological polar surface area (TPSA) is 107 Å². The maximum Gasteiger partial charge on any atom is 0.341 e. The number of carboxylic acids is 1. The first-order valence-corrected chi connectivity index (χ1v) is 8.83. The number of rotatable bonds is 7. The first kappa shape index (κ1) is 18.7. The molecule has 1 aliphatic heterocycles. The average molecular weight is 374 g/mol. The first-order chi connectivity index (χ1) is 13.1. The molecule has 27 heavy (non-hydrogen) atoms. The number of carbonyl (C=O) groups is 2. The number of ether oxygens (including phenoxy) is 2. The van der Waals surface area contributed by atoms with E-state index in [0.717, 1.165) is 12.8 Å². The number of amides is 1. The van der Waals surface area contributed by atoms with E-state index in [1.807, 2.05) is 6.92 Å². The Bertz CT molecular complexity index is 793. The molecular weight excluding hydrogens is 352 g/mol. The van der Waals surface area contributed by atoms with Crippen LogP contribution in [0.2, 0.25) is 0 Å². The van der Waals surface area contributed by atoms with E-state index in [2.05, 4.69) is 10.1 Å². The number of nitrogens with zero attached hydrogens (tertiary/aromatic N) is 4. The molecule has 0 spiro atoms. The van der Waals surface area contributed by atoms with Crippen LogP contribution in [0.15, 0.2) is 30.9 Å². The van der Waals surface area contributed by atoms with E-state index in [1.54, 1.807) is 34.1 Å². The Balaban J connectivity index is 1.75. The molecule has 0 aliphatic carbocycles. The van der Waals surface area contributed by atoms with Crippen molar-refractivity contribution in [3.8, 4) is 11.5 Å². The van der Waals surface area contributed by atoms with Crippen molar-refractivity contribution < 1.29 is 24.2 Å². The molecule has 0 bridgehead atoms. The molecular formula is C18H22N4O5. The maximum absolute atomic E-state index is 12.9. The second kappa shape index (κ2) is 8.52. The van der Waals surface area contributed by atoms with Gasteiger partial charge in [0.1, 0.15) is 12.7 Å². The number of piperidine rings is 1. The van der Waals surface area contributed by atoms with Crippen LogP contribution < -0.4 is 9.47 Å². The highest BCUT2D eigenvalue weighted by atomic mass is 16.5. The van der Waals surface area contributed by atoms with Gasteiger partial charge in [-0.05, 0) is 38.0 Å². The van der Waals surface area contributed by atoms with Gasteiger partial charge in [-0.2, -0.15) is 5.10 Å². The largest absolute Gasteiger partial charge is 0.490 e. The molecule has 9 heteroatoms. The molecule has 1 aromatic heterocycles. The predicted molar refractivity (Wildman–Crippen MR) is 94.9 cm³/mol. The number of benzene rings is 1. The van der Waals surface area contributed by atoms with Gasteiger partial charge in [-0.25, -0.2) is 14.5 Å². The molecule has 9 nitrogen and oxygen atoms in total. The standard InChI is InChI=1S/C18H22N4O5/c1-2-26-16-8-13(5-6-15(16)27-10-17(23)24)18(25)21-7-3-4-14(9-21)22-12-19-11-20-22/h5-6,8,11-12,14H,2-4,7,9-10H2,1H3,(H,23,24)/t14-/m1/s1. The third-order valence-electron chi connectivity index (χ3n) is 4.34. The molecule has 1 atom stereocenters. The third-order valence-corrected chi connectivity index (χ3v) is 4.34. The van der Waals surface area contributed by atoms with Crippen molar-refractivity contribution in [2.75, 3.05) is 26.3 Å². The van der Waals surface area contributed by atoms with Crippen molar-refractivity contribution >= 4 is 11.9 Å². The molecule has 2 aromatic rings. The van der Waals surface area contributed by atoms with E-state index < -0.39 is 12.6 Å². The summed E-state index contributed by atoms with van der Waals surface area (Å²) in [4.78, 5) is 29.4. The number of hydrogen-bond donors (Lipinski definition) is 1. The Morgan fingerprint density at radius 2 is 2.15 bits per heavy atom. The highest BCUT2D eigenvalue weighted by Gasteiger charge is 2.26. The minimum atomic E-state index is -1.08. The lowest BCUT2D eigenvalue weighted by molar-refractivity contribution is -0.139. The summed E-state index contributed by atoms with van der Waals surface area (Å²) in [6.07, 6.45) is 4.99. The smallest absolute Gasteiger partial charge is 0.341 e. The Morgan fingerprint density at radius 3 is 2.85 bits per heavy atom. The fourth-order valence-electron chi connectivity index (χ4n) is 3.11. The Kier molecular flexibility index (Phi) is 5.90. The molecule has 1 saturated heterocycles. The van der Waals surface area contributed by atoms with Crippen molar-refractivity contribution in [2.45, 2.75) is 25.8 Å². The lowest BCUT2D eigenvalue weighted by Crippen LogP contribution is -2.40. The van der Waals surface area contributed by atoms with Gasteiger partial charge >= 0.3 is 5.97 Å². The summed E-state index contributed by atoms with van der Waals surface area (Å²) in [5.41, 5.74) is 0.473. The zero-order chi connectivity index (χ0) is 19.2. The highest BCUT2D eigenvalue weighted by Crippen LogP contribution is 2.30. The fourth-order valence-corrected chi connectivity index (χ4v) is 3.11. The first-order valence-electron chi connectivity index (χ1n) is 8.83. The highest BCUT2D eigenvalue weighted by molar-refractivity contribution is 5.95. The Hall–Kier alpha value is -3.10. The number of likely N-dealkylation sites (tertiary alicyclic amines) is 1. The number of aromatic nitrogens is 3. The van der Waals surface area contributed by atoms with Gasteiger partial charge < -0.3 is 19.5 Å². The monoisotopic (exact) mass is 374 g/mol. The van der Waals surface area contributed by atoms with Crippen molar-refractivity contribution in [2.24, 2.45) is 0 Å². The van der Waals surface area contributed by atoms with Gasteiger partial charge in [0.15, 0.2) is 18.1 Å². The second-order valence-corrected chi connectivity index (χ2v) is 6.20. The lowest BCUT2D eigenvalue weighted by atomic mass is 10.0. The number of aliphatic carboxylic acids is 1. The molecule has 0 radical (unpaired) electrons. The van der Waals surface area contributed by atoms with Crippen LogP contribution in [0.25, 0.3) is 0 Å². The van der Waals surface area contributed by atoms with Gasteiger partial charge in [-0.3, -0.25) is 4.79 Å². The van der Waals surface area contributed by atoms with E-state index in [9.17, 15) is 9.59 Å². The van der Waals surface area contributed by atoms with Crippen LogP contribution in [-0.2, 0) is 4.79 Å². The van der Waals surface area contributed by atoms with Crippen molar-refractivity contribution in [3.05, 3.63) is 36.4 Å². The second-order valence-electron chi connectivity index (χ2n) is 6.20. The maximum atomic E-state index is 12.9. The molecule has 0 unspecified atom stereocenters. The van der Waals surface area contributed by atoms with Crippen LogP contribution in [0.5, 0.6) is 11.5 Å². The minimum absolute atomic E-state index is 0.106. The van der Waals surface area contributed by atoms with Crippen LogP contribution in [0.3, 0.4) is 0 Å². The summed E-state index contributed by atoms with van der Waals surface area (Å²) in [6, 6.07) is 4.90. The summed E-state index contributed by atoms with van der Waals surface area (Å²) in [6.45, 7) is 2.94. The predicted octanol–water partition coefficient (Wildman–Crippen LogP) is 1.62. The Morgan fingerprint density at radius 1 is 1.30 bits per heavy atom. The average Bonchev–Trinajstić information content (AvgIpc) is 3.21. The van der Waals surface area contributed by atoms with Crippen LogP contribution in [0.1, 0.15) is 36.2 Å². The van der Waals surface area contributed by atoms with Gasteiger partial charge in [0, 0.05) is 18.7 Å². The summed E-state index contributed by atoms with van der Waals surface area (Å²) in [5.74, 6) is -0.528. The summed E-state index contributed by atoms with van der Waals surface area (Å²) in [7, 11) is 0. The van der Waals surface area contributed by atoms with Crippen molar-refractivity contribution in [1.29, 1.82) is 0 Å². The van der Waals surface area contributed by atoms with E-state index in [4.69, 9.17) is 14.6 Å². The van der Waals surface area contributed by atoms with Crippen molar-refractivity contribution in [3.63, 3.8) is 0 Å². The van der Waals surface area contributed by atoms with Crippen LogP contribution in [0.4, 0.5) is 0 Å². The normalized spacial score (nSPS) is 16.8. The molecule has 144 valence electrons. The lowest BCUT2D eigenvalue weighted by Gasteiger charge is -2.32.